The normalized spacial score (nSPS) is 17.7. The fourth-order valence-corrected chi connectivity index (χ4v) is 7.68. The van der Waals surface area contributed by atoms with Crippen molar-refractivity contribution in [2.75, 3.05) is 18.0 Å². The molecule has 0 saturated carbocycles. The summed E-state index contributed by atoms with van der Waals surface area (Å²) in [6.07, 6.45) is 13.3. The zero-order valence-corrected chi connectivity index (χ0v) is 30.8. The summed E-state index contributed by atoms with van der Waals surface area (Å²) in [6.45, 7) is 16.0. The molecule has 8 heteroatoms. The quantitative estimate of drug-likeness (QED) is 0.145. The van der Waals surface area contributed by atoms with Crippen molar-refractivity contribution in [3.05, 3.63) is 119 Å². The number of allylic oxidation sites excluding steroid dienone is 6. The van der Waals surface area contributed by atoms with Crippen LogP contribution < -0.4 is 23.5 Å². The van der Waals surface area contributed by atoms with Crippen molar-refractivity contribution in [3.8, 4) is 0 Å². The number of hydrogen-bond donors (Lipinski definition) is 0. The average molecular weight is 702 g/mol. The summed E-state index contributed by atoms with van der Waals surface area (Å²) in [6, 6.07) is 26.7. The fraction of sp³-hybridized carbons (Fsp3) is 0.341. The average Bonchev–Trinajstić information content (AvgIpc) is 3.41. The van der Waals surface area contributed by atoms with Gasteiger partial charge in [-0.25, -0.2) is 18.6 Å². The molecule has 0 spiro atoms. The Morgan fingerprint density at radius 3 is 1.96 bits per heavy atom. The van der Waals surface area contributed by atoms with E-state index in [-0.39, 0.29) is 10.8 Å². The van der Waals surface area contributed by atoms with E-state index >= 15 is 0 Å². The molecule has 6 rings (SSSR count). The number of unbranched alkanes of at least 4 members (excludes halogenated alkanes) is 2. The van der Waals surface area contributed by atoms with E-state index in [1.165, 1.54) is 55.5 Å². The Kier molecular flexibility index (Phi) is 11.1. The van der Waals surface area contributed by atoms with E-state index in [1.54, 1.807) is 0 Å². The molecule has 0 amide bonds. The lowest BCUT2D eigenvalue weighted by molar-refractivity contribution is -2.00. The van der Waals surface area contributed by atoms with Crippen LogP contribution in [0.15, 0.2) is 108 Å². The second-order valence-electron chi connectivity index (χ2n) is 13.8. The summed E-state index contributed by atoms with van der Waals surface area (Å²) >= 11 is 7.02. The number of fused-ring (bicyclic) bond motifs is 6. The Bertz CT molecular complexity index is 1960. The van der Waals surface area contributed by atoms with Gasteiger partial charge in [0.2, 0.25) is 5.69 Å². The molecule has 0 atom stereocenters. The van der Waals surface area contributed by atoms with Crippen LogP contribution in [0.3, 0.4) is 0 Å². The van der Waals surface area contributed by atoms with Gasteiger partial charge in [0.15, 0.2) is 5.71 Å². The molecule has 6 nitrogen and oxygen atoms in total. The molecule has 2 aliphatic heterocycles. The van der Waals surface area contributed by atoms with E-state index in [4.69, 9.17) is 30.2 Å². The van der Waals surface area contributed by atoms with Gasteiger partial charge in [-0.05, 0) is 77.7 Å². The largest absolute Gasteiger partial charge is 0.344 e. The molecule has 2 heterocycles. The first-order valence-corrected chi connectivity index (χ1v) is 18.7. The number of hydrogen-bond acceptors (Lipinski definition) is 5. The topological polar surface area (TPSA) is 98.5 Å². The van der Waals surface area contributed by atoms with E-state index in [9.17, 15) is 0 Å². The molecule has 4 aromatic carbocycles. The highest BCUT2D eigenvalue weighted by Gasteiger charge is 2.45. The van der Waals surface area contributed by atoms with Crippen LogP contribution in [0.4, 0.5) is 11.4 Å². The second kappa shape index (κ2) is 14.8. The third kappa shape index (κ3) is 7.65. The predicted molar refractivity (Wildman–Crippen MR) is 192 cm³/mol. The van der Waals surface area contributed by atoms with E-state index in [2.05, 4.69) is 148 Å². The lowest BCUT2D eigenvalue weighted by atomic mass is 9.79. The maximum atomic E-state index is 8.49. The predicted octanol–water partition coefficient (Wildman–Crippen LogP) is 6.57. The highest BCUT2D eigenvalue weighted by atomic mass is 35.7. The van der Waals surface area contributed by atoms with Crippen LogP contribution in [-0.2, 0) is 10.8 Å². The Labute approximate surface area is 297 Å². The van der Waals surface area contributed by atoms with Gasteiger partial charge < -0.3 is 4.90 Å². The maximum Gasteiger partial charge on any atom is 0.210 e. The monoisotopic (exact) mass is 700 g/mol. The van der Waals surface area contributed by atoms with E-state index in [1.807, 2.05) is 0 Å². The van der Waals surface area contributed by atoms with Crippen LogP contribution in [0.5, 0.6) is 0 Å². The third-order valence-corrected chi connectivity index (χ3v) is 10.0. The Morgan fingerprint density at radius 1 is 0.776 bits per heavy atom. The first-order valence-electron chi connectivity index (χ1n) is 17.0. The smallest absolute Gasteiger partial charge is 0.210 e. The van der Waals surface area contributed by atoms with Gasteiger partial charge in [0.05, 0.1) is 5.41 Å². The van der Waals surface area contributed by atoms with Crippen molar-refractivity contribution >= 4 is 50.2 Å². The third-order valence-electron chi connectivity index (χ3n) is 9.78. The second-order valence-corrected chi connectivity index (χ2v) is 15.0. The van der Waals surface area contributed by atoms with Crippen molar-refractivity contribution in [1.82, 2.24) is 0 Å². The van der Waals surface area contributed by atoms with Crippen LogP contribution in [-0.4, -0.2) is 23.4 Å². The SMILES string of the molecule is CCCCN1\C(=C/C=C(Cl)/C=C/C2=[N+](CCCC)c3ccc4ccccc4c3C2(C)C)C(C)(C)c2c1ccc1ccccc21.[O-][Cl+3]([O-])([O-])[O-]. The minimum Gasteiger partial charge on any atom is -0.344 e. The molecule has 2 aliphatic rings. The van der Waals surface area contributed by atoms with Gasteiger partial charge in [0.25, 0.3) is 0 Å². The first-order chi connectivity index (χ1) is 23.2. The number of benzene rings is 4. The number of nitrogens with zero attached hydrogens (tertiary/aromatic N) is 2. The molecule has 0 N–H and O–H groups in total. The van der Waals surface area contributed by atoms with Crippen LogP contribution in [0.2, 0.25) is 0 Å². The number of halogens is 2. The summed E-state index contributed by atoms with van der Waals surface area (Å²) < 4.78 is 36.5. The molecule has 258 valence electrons. The molecular weight excluding hydrogens is 655 g/mol. The molecule has 0 aliphatic carbocycles. The van der Waals surface area contributed by atoms with Crippen molar-refractivity contribution in [1.29, 1.82) is 0 Å². The van der Waals surface area contributed by atoms with Gasteiger partial charge in [-0.2, -0.15) is 4.58 Å². The lowest BCUT2D eigenvalue weighted by Crippen LogP contribution is -2.68. The van der Waals surface area contributed by atoms with E-state index in [0.29, 0.717) is 0 Å². The van der Waals surface area contributed by atoms with E-state index in [0.717, 1.165) is 43.8 Å². The molecule has 0 radical (unpaired) electrons. The molecule has 0 fully saturated rings. The van der Waals surface area contributed by atoms with E-state index < -0.39 is 10.2 Å². The molecular formula is C41H46Cl2N2O4. The highest BCUT2D eigenvalue weighted by Crippen LogP contribution is 2.51. The zero-order valence-electron chi connectivity index (χ0n) is 29.3. The minimum atomic E-state index is -4.94. The van der Waals surface area contributed by atoms with Gasteiger partial charge >= 0.3 is 0 Å². The Balaban J connectivity index is 0.000000874. The molecule has 0 saturated heterocycles. The van der Waals surface area contributed by atoms with Crippen molar-refractivity contribution in [3.63, 3.8) is 0 Å². The standard InChI is InChI=1S/C41H46ClN2.ClHO4/c1-7-9-27-43-34-23-19-29-15-11-13-17-32(29)38(34)40(3,4)36(43)25-21-31(42)22-26-37-41(5,6)39-33-18-14-12-16-30(33)20-24-35(39)44(37)28-10-8-2;2-1(3,4)5/h11-26H,7-10,27-28H2,1-6H3;(H,2,3,4,5)/q+1;/p-1. The summed E-state index contributed by atoms with van der Waals surface area (Å²) in [5.41, 5.74) is 7.83. The minimum absolute atomic E-state index is 0.136. The van der Waals surface area contributed by atoms with Crippen LogP contribution in [0.1, 0.15) is 78.4 Å². The van der Waals surface area contributed by atoms with Gasteiger partial charge in [0, 0.05) is 52.5 Å². The number of rotatable bonds is 9. The molecule has 0 unspecified atom stereocenters. The molecule has 4 aromatic rings. The first kappa shape index (κ1) is 36.8. The summed E-state index contributed by atoms with van der Waals surface area (Å²) in [5, 5.41) is 6.02. The summed E-state index contributed by atoms with van der Waals surface area (Å²) in [5.74, 6) is 0. The fourth-order valence-electron chi connectivity index (χ4n) is 7.56. The van der Waals surface area contributed by atoms with Crippen molar-refractivity contribution in [2.24, 2.45) is 0 Å². The van der Waals surface area contributed by atoms with Crippen molar-refractivity contribution < 1.29 is 33.5 Å². The van der Waals surface area contributed by atoms with Gasteiger partial charge in [-0.1, -0.05) is 107 Å². The summed E-state index contributed by atoms with van der Waals surface area (Å²) in [4.78, 5) is 2.53. The Morgan fingerprint density at radius 2 is 1.35 bits per heavy atom. The zero-order chi connectivity index (χ0) is 35.6. The van der Waals surface area contributed by atoms with Gasteiger partial charge in [0.1, 0.15) is 6.54 Å². The van der Waals surface area contributed by atoms with Crippen molar-refractivity contribution in [2.45, 2.75) is 78.1 Å². The maximum absolute atomic E-state index is 8.49. The van der Waals surface area contributed by atoms with Gasteiger partial charge in [-0.15, -0.1) is 10.2 Å². The Hall–Kier alpha value is -3.49. The van der Waals surface area contributed by atoms with Gasteiger partial charge in [-0.3, -0.25) is 0 Å². The molecule has 49 heavy (non-hydrogen) atoms. The summed E-state index contributed by atoms with van der Waals surface area (Å²) in [7, 11) is -4.94. The highest BCUT2D eigenvalue weighted by molar-refractivity contribution is 6.31. The van der Waals surface area contributed by atoms with Crippen LogP contribution in [0, 0.1) is 10.2 Å². The van der Waals surface area contributed by atoms with Crippen LogP contribution in [0.25, 0.3) is 21.5 Å². The number of anilines is 1. The molecule has 0 aromatic heterocycles. The van der Waals surface area contributed by atoms with Crippen LogP contribution >= 0.6 is 11.6 Å². The lowest BCUT2D eigenvalue weighted by Gasteiger charge is -2.27. The molecule has 0 bridgehead atoms.